The number of nitrogens with one attached hydrogen (secondary N) is 1. The van der Waals surface area contributed by atoms with Crippen LogP contribution in [0.5, 0.6) is 0 Å². The molecule has 0 atom stereocenters. The Balaban J connectivity index is 2.04. The molecular formula is C19H20B2F2N2O8. The number of benzene rings is 2. The van der Waals surface area contributed by atoms with Gasteiger partial charge in [0.1, 0.15) is 18.2 Å². The first-order chi connectivity index (χ1) is 15.5. The Morgan fingerprint density at radius 1 is 0.848 bits per heavy atom. The van der Waals surface area contributed by atoms with Crippen molar-refractivity contribution in [2.24, 2.45) is 0 Å². The maximum atomic E-state index is 13.7. The molecule has 174 valence electrons. The van der Waals surface area contributed by atoms with Gasteiger partial charge in [0, 0.05) is 24.2 Å². The summed E-state index contributed by atoms with van der Waals surface area (Å²) in [4.78, 5) is 36.8. The molecule has 0 unspecified atom stereocenters. The molecule has 0 heterocycles. The zero-order chi connectivity index (χ0) is 24.7. The highest BCUT2D eigenvalue weighted by atomic mass is 19.1. The van der Waals surface area contributed by atoms with Gasteiger partial charge in [-0.3, -0.25) is 14.4 Å². The lowest BCUT2D eigenvalue weighted by Gasteiger charge is -2.21. The van der Waals surface area contributed by atoms with Gasteiger partial charge in [0.2, 0.25) is 0 Å². The molecule has 0 aliphatic heterocycles. The Labute approximate surface area is 187 Å². The number of carboxylic acids is 1. The predicted molar refractivity (Wildman–Crippen MR) is 113 cm³/mol. The third-order valence-corrected chi connectivity index (χ3v) is 4.45. The number of carboxylic acid groups (broad SMARTS) is 1. The fourth-order valence-electron chi connectivity index (χ4n) is 2.95. The first-order valence-corrected chi connectivity index (χ1v) is 9.60. The summed E-state index contributed by atoms with van der Waals surface area (Å²) in [6, 6.07) is 5.47. The molecule has 0 aliphatic carbocycles. The van der Waals surface area contributed by atoms with Crippen LogP contribution in [0.1, 0.15) is 27.1 Å². The van der Waals surface area contributed by atoms with Crippen LogP contribution in [0.2, 0.25) is 0 Å². The molecule has 2 aromatic carbocycles. The molecule has 0 saturated heterocycles. The van der Waals surface area contributed by atoms with Crippen molar-refractivity contribution in [3.05, 3.63) is 59.2 Å². The summed E-state index contributed by atoms with van der Waals surface area (Å²) in [6.45, 7) is -0.954. The number of rotatable bonds is 10. The van der Waals surface area contributed by atoms with Gasteiger partial charge in [-0.25, -0.2) is 8.78 Å². The van der Waals surface area contributed by atoms with E-state index in [1.807, 2.05) is 0 Å². The summed E-state index contributed by atoms with van der Waals surface area (Å²) < 4.78 is 27.3. The lowest BCUT2D eigenvalue weighted by molar-refractivity contribution is -0.137. The van der Waals surface area contributed by atoms with E-state index in [9.17, 15) is 33.2 Å². The Morgan fingerprint density at radius 3 is 1.88 bits per heavy atom. The maximum Gasteiger partial charge on any atom is 0.488 e. The highest BCUT2D eigenvalue weighted by Crippen LogP contribution is 2.08. The summed E-state index contributed by atoms with van der Waals surface area (Å²) >= 11 is 0. The van der Waals surface area contributed by atoms with Gasteiger partial charge in [-0.05, 0) is 53.7 Å². The van der Waals surface area contributed by atoms with Crippen molar-refractivity contribution in [2.45, 2.75) is 6.42 Å². The average molecular weight is 464 g/mol. The third-order valence-electron chi connectivity index (χ3n) is 4.45. The molecule has 0 fully saturated rings. The molecule has 0 radical (unpaired) electrons. The maximum absolute atomic E-state index is 13.7. The van der Waals surface area contributed by atoms with Crippen molar-refractivity contribution in [3.63, 3.8) is 0 Å². The van der Waals surface area contributed by atoms with E-state index in [2.05, 4.69) is 5.32 Å². The molecule has 14 heteroatoms. The largest absolute Gasteiger partial charge is 0.488 e. The molecule has 0 aliphatic rings. The highest BCUT2D eigenvalue weighted by Gasteiger charge is 2.22. The number of amides is 2. The fraction of sp³-hybridized carbons (Fsp3) is 0.211. The van der Waals surface area contributed by atoms with Gasteiger partial charge in [-0.1, -0.05) is 0 Å². The van der Waals surface area contributed by atoms with Crippen LogP contribution in [0.15, 0.2) is 36.4 Å². The van der Waals surface area contributed by atoms with E-state index in [0.717, 1.165) is 41.3 Å². The van der Waals surface area contributed by atoms with Gasteiger partial charge in [-0.2, -0.15) is 0 Å². The van der Waals surface area contributed by atoms with E-state index in [-0.39, 0.29) is 41.6 Å². The Kier molecular flexibility index (Phi) is 9.05. The minimum absolute atomic E-state index is 0.0560. The topological polar surface area (TPSA) is 168 Å². The van der Waals surface area contributed by atoms with Gasteiger partial charge >= 0.3 is 20.2 Å². The van der Waals surface area contributed by atoms with Crippen molar-refractivity contribution in [2.75, 3.05) is 19.6 Å². The molecule has 2 rings (SSSR count). The van der Waals surface area contributed by atoms with Crippen LogP contribution in [-0.2, 0) is 4.79 Å². The SMILES string of the molecule is O=C(O)CN(CCCNC(=O)c1cc(F)cc(B(O)O)c1)C(=O)c1cc(F)cc(B(O)O)c1. The zero-order valence-corrected chi connectivity index (χ0v) is 17.1. The van der Waals surface area contributed by atoms with Gasteiger partial charge in [0.05, 0.1) is 0 Å². The second-order valence-electron chi connectivity index (χ2n) is 7.02. The zero-order valence-electron chi connectivity index (χ0n) is 17.1. The smallest absolute Gasteiger partial charge is 0.480 e. The second-order valence-corrected chi connectivity index (χ2v) is 7.02. The van der Waals surface area contributed by atoms with E-state index >= 15 is 0 Å². The minimum Gasteiger partial charge on any atom is -0.480 e. The minimum atomic E-state index is -2.04. The van der Waals surface area contributed by atoms with Crippen molar-refractivity contribution in [1.82, 2.24) is 10.2 Å². The van der Waals surface area contributed by atoms with Gasteiger partial charge < -0.3 is 35.4 Å². The Morgan fingerprint density at radius 2 is 1.36 bits per heavy atom. The number of halogens is 2. The lowest BCUT2D eigenvalue weighted by atomic mass is 9.79. The van der Waals surface area contributed by atoms with E-state index < -0.39 is 50.2 Å². The molecule has 0 spiro atoms. The highest BCUT2D eigenvalue weighted by molar-refractivity contribution is 6.59. The van der Waals surface area contributed by atoms with Gasteiger partial charge in [-0.15, -0.1) is 0 Å². The number of hydrogen-bond donors (Lipinski definition) is 6. The number of carbonyl (C=O) groups is 3. The summed E-state index contributed by atoms with van der Waals surface area (Å²) in [5.41, 5.74) is -0.978. The Hall–Kier alpha value is -3.32. The van der Waals surface area contributed by atoms with Crippen LogP contribution in [0.4, 0.5) is 8.78 Å². The normalized spacial score (nSPS) is 10.5. The number of carbonyl (C=O) groups excluding carboxylic acids is 2. The van der Waals surface area contributed by atoms with E-state index in [0.29, 0.717) is 0 Å². The van der Waals surface area contributed by atoms with Crippen molar-refractivity contribution in [1.29, 1.82) is 0 Å². The van der Waals surface area contributed by atoms with Gasteiger partial charge in [0.25, 0.3) is 11.8 Å². The molecule has 0 aromatic heterocycles. The monoisotopic (exact) mass is 464 g/mol. The van der Waals surface area contributed by atoms with E-state index in [4.69, 9.17) is 15.2 Å². The van der Waals surface area contributed by atoms with Crippen LogP contribution in [0, 0.1) is 11.6 Å². The van der Waals surface area contributed by atoms with Crippen LogP contribution < -0.4 is 16.2 Å². The van der Waals surface area contributed by atoms with E-state index in [1.54, 1.807) is 0 Å². The summed E-state index contributed by atoms with van der Waals surface area (Å²) in [5.74, 6) is -4.74. The molecule has 2 aromatic rings. The molecule has 6 N–H and O–H groups in total. The number of hydrogen-bond acceptors (Lipinski definition) is 7. The van der Waals surface area contributed by atoms with Crippen LogP contribution >= 0.6 is 0 Å². The van der Waals surface area contributed by atoms with E-state index in [1.165, 1.54) is 0 Å². The van der Waals surface area contributed by atoms with Crippen LogP contribution in [0.25, 0.3) is 0 Å². The number of aliphatic carboxylic acids is 1. The summed E-state index contributed by atoms with van der Waals surface area (Å²) in [7, 11) is -4.01. The molecule has 33 heavy (non-hydrogen) atoms. The molecule has 10 nitrogen and oxygen atoms in total. The summed E-state index contributed by atoms with van der Waals surface area (Å²) in [6.07, 6.45) is 0.0698. The average Bonchev–Trinajstić information content (AvgIpc) is 2.73. The predicted octanol–water partition coefficient (Wildman–Crippen LogP) is -2.33. The van der Waals surface area contributed by atoms with Crippen LogP contribution in [0.3, 0.4) is 0 Å². The quantitative estimate of drug-likeness (QED) is 0.168. The third kappa shape index (κ3) is 7.64. The first kappa shape index (κ1) is 25.9. The standard InChI is InChI=1S/C19H20B2F2N2O8/c22-15-6-11(4-13(8-15)20(30)31)18(28)24-2-1-3-25(10-17(26)27)19(29)12-5-14(21(32)33)9-16(23)7-12/h4-9,30-33H,1-3,10H2,(H,24,28)(H,26,27). The molecular weight excluding hydrogens is 444 g/mol. The molecule has 0 bridgehead atoms. The lowest BCUT2D eigenvalue weighted by Crippen LogP contribution is -2.39. The number of nitrogens with zero attached hydrogens (tertiary/aromatic N) is 1. The van der Waals surface area contributed by atoms with Crippen molar-refractivity contribution >= 4 is 42.9 Å². The molecule has 2 amide bonds. The first-order valence-electron chi connectivity index (χ1n) is 9.60. The summed E-state index contributed by atoms with van der Waals surface area (Å²) in [5, 5.41) is 48.2. The molecule has 0 saturated carbocycles. The Bertz CT molecular complexity index is 1040. The van der Waals surface area contributed by atoms with Crippen molar-refractivity contribution in [3.8, 4) is 0 Å². The second kappa shape index (κ2) is 11.5. The van der Waals surface area contributed by atoms with Crippen LogP contribution in [-0.4, -0.2) is 81.8 Å². The van der Waals surface area contributed by atoms with Crippen molar-refractivity contribution < 1.29 is 48.4 Å². The van der Waals surface area contributed by atoms with Gasteiger partial charge in [0.15, 0.2) is 0 Å². The fourth-order valence-corrected chi connectivity index (χ4v) is 2.95.